The molecule has 27 heavy (non-hydrogen) atoms. The molecule has 1 aliphatic rings. The van der Waals surface area contributed by atoms with Gasteiger partial charge in [-0.1, -0.05) is 54.1 Å². The number of rotatable bonds is 6. The van der Waals surface area contributed by atoms with Gasteiger partial charge in [0.1, 0.15) is 10.8 Å². The highest BCUT2D eigenvalue weighted by Gasteiger charge is 2.16. The van der Waals surface area contributed by atoms with E-state index in [1.165, 1.54) is 37.5 Å². The summed E-state index contributed by atoms with van der Waals surface area (Å²) in [5.41, 5.74) is 3.94. The van der Waals surface area contributed by atoms with Crippen molar-refractivity contribution in [2.24, 2.45) is 5.92 Å². The lowest BCUT2D eigenvalue weighted by molar-refractivity contribution is 0.412. The first-order chi connectivity index (χ1) is 13.1. The SMILES string of the molecule is C/C=C/CCC1CC=C(c2ccc(-c3ccc(OC)c(Cl)c3F)cc2)CC1. The molecule has 0 spiro atoms. The largest absolute Gasteiger partial charge is 0.495 e. The summed E-state index contributed by atoms with van der Waals surface area (Å²) in [4.78, 5) is 0. The second-order valence-corrected chi connectivity index (χ2v) is 7.41. The maximum absolute atomic E-state index is 14.5. The topological polar surface area (TPSA) is 9.23 Å². The molecular formula is C24H26ClFO. The molecule has 1 nitrogen and oxygen atoms in total. The van der Waals surface area contributed by atoms with Crippen LogP contribution in [0.1, 0.15) is 44.6 Å². The smallest absolute Gasteiger partial charge is 0.153 e. The van der Waals surface area contributed by atoms with E-state index in [1.54, 1.807) is 12.1 Å². The third kappa shape index (κ3) is 4.62. The molecule has 0 N–H and O–H groups in total. The molecule has 142 valence electrons. The number of methoxy groups -OCH3 is 1. The van der Waals surface area contributed by atoms with Crippen molar-refractivity contribution in [3.63, 3.8) is 0 Å². The maximum Gasteiger partial charge on any atom is 0.153 e. The van der Waals surface area contributed by atoms with Gasteiger partial charge in [-0.25, -0.2) is 4.39 Å². The number of hydrogen-bond acceptors (Lipinski definition) is 1. The zero-order chi connectivity index (χ0) is 19.2. The molecule has 0 amide bonds. The van der Waals surface area contributed by atoms with E-state index in [4.69, 9.17) is 16.3 Å². The standard InChI is InChI=1S/C24H26ClFO/c1-3-4-5-6-17-7-9-18(10-8-17)19-11-13-20(14-12-19)21-15-16-22(27-2)23(25)24(21)26/h3-4,9,11-17H,5-8,10H2,1-2H3/b4-3+. The summed E-state index contributed by atoms with van der Waals surface area (Å²) in [5, 5.41) is 0.0259. The molecular weight excluding hydrogens is 359 g/mol. The van der Waals surface area contributed by atoms with Gasteiger partial charge in [0.25, 0.3) is 0 Å². The van der Waals surface area contributed by atoms with Crippen LogP contribution in [0.15, 0.2) is 54.6 Å². The van der Waals surface area contributed by atoms with Gasteiger partial charge >= 0.3 is 0 Å². The first kappa shape index (κ1) is 19.7. The van der Waals surface area contributed by atoms with E-state index in [0.717, 1.165) is 24.3 Å². The summed E-state index contributed by atoms with van der Waals surface area (Å²) in [7, 11) is 1.48. The van der Waals surface area contributed by atoms with Crippen LogP contribution in [-0.2, 0) is 0 Å². The Labute approximate surface area is 166 Å². The molecule has 1 atom stereocenters. The Morgan fingerprint density at radius 3 is 2.52 bits per heavy atom. The van der Waals surface area contributed by atoms with Gasteiger partial charge in [-0.05, 0) is 73.8 Å². The van der Waals surface area contributed by atoms with Crippen LogP contribution in [0, 0.1) is 11.7 Å². The maximum atomic E-state index is 14.5. The fourth-order valence-corrected chi connectivity index (χ4v) is 3.93. The molecule has 2 aromatic rings. The molecule has 0 aromatic heterocycles. The fourth-order valence-electron chi connectivity index (χ4n) is 3.69. The normalized spacial score (nSPS) is 17.2. The Morgan fingerprint density at radius 1 is 1.15 bits per heavy atom. The highest BCUT2D eigenvalue weighted by Crippen LogP contribution is 2.36. The van der Waals surface area contributed by atoms with Crippen molar-refractivity contribution in [2.45, 2.75) is 39.0 Å². The second-order valence-electron chi connectivity index (χ2n) is 7.04. The Hall–Kier alpha value is -2.06. The van der Waals surface area contributed by atoms with Crippen LogP contribution in [0.5, 0.6) is 5.75 Å². The van der Waals surface area contributed by atoms with Crippen LogP contribution < -0.4 is 4.74 Å². The molecule has 0 bridgehead atoms. The molecule has 0 saturated heterocycles. The van der Waals surface area contributed by atoms with Crippen molar-refractivity contribution >= 4 is 17.2 Å². The fraction of sp³-hybridized carbons (Fsp3) is 0.333. The molecule has 0 heterocycles. The number of allylic oxidation sites excluding steroid dienone is 4. The van der Waals surface area contributed by atoms with Gasteiger partial charge in [0.15, 0.2) is 5.82 Å². The third-order valence-corrected chi connectivity index (χ3v) is 5.68. The van der Waals surface area contributed by atoms with Crippen molar-refractivity contribution in [1.82, 2.24) is 0 Å². The summed E-state index contributed by atoms with van der Waals surface area (Å²) < 4.78 is 19.6. The zero-order valence-electron chi connectivity index (χ0n) is 16.0. The minimum absolute atomic E-state index is 0.0259. The molecule has 0 radical (unpaired) electrons. The van der Waals surface area contributed by atoms with E-state index >= 15 is 0 Å². The molecule has 0 aliphatic heterocycles. The average molecular weight is 385 g/mol. The van der Waals surface area contributed by atoms with Gasteiger partial charge in [-0.3, -0.25) is 0 Å². The number of halogens is 2. The van der Waals surface area contributed by atoms with Gasteiger partial charge in [-0.15, -0.1) is 0 Å². The first-order valence-electron chi connectivity index (χ1n) is 9.57. The van der Waals surface area contributed by atoms with Gasteiger partial charge < -0.3 is 4.74 Å². The quantitative estimate of drug-likeness (QED) is 0.463. The van der Waals surface area contributed by atoms with Gasteiger partial charge in [0.05, 0.1) is 7.11 Å². The lowest BCUT2D eigenvalue weighted by atomic mass is 9.84. The van der Waals surface area contributed by atoms with Crippen LogP contribution in [-0.4, -0.2) is 7.11 Å². The van der Waals surface area contributed by atoms with E-state index < -0.39 is 5.82 Å². The van der Waals surface area contributed by atoms with E-state index in [1.807, 2.05) is 12.1 Å². The van der Waals surface area contributed by atoms with Gasteiger partial charge in [-0.2, -0.15) is 0 Å². The number of benzene rings is 2. The van der Waals surface area contributed by atoms with E-state index in [0.29, 0.717) is 11.3 Å². The molecule has 3 heteroatoms. The summed E-state index contributed by atoms with van der Waals surface area (Å²) in [5.74, 6) is 0.704. The number of hydrogen-bond donors (Lipinski definition) is 0. The molecule has 1 unspecified atom stereocenters. The van der Waals surface area contributed by atoms with Crippen LogP contribution in [0.3, 0.4) is 0 Å². The predicted octanol–water partition coefficient (Wildman–Crippen LogP) is 7.69. The van der Waals surface area contributed by atoms with Crippen LogP contribution in [0.4, 0.5) is 4.39 Å². The Kier molecular flexibility index (Phi) is 6.73. The molecule has 0 saturated carbocycles. The van der Waals surface area contributed by atoms with Crippen molar-refractivity contribution in [1.29, 1.82) is 0 Å². The van der Waals surface area contributed by atoms with Crippen LogP contribution >= 0.6 is 11.6 Å². The Morgan fingerprint density at radius 2 is 1.89 bits per heavy atom. The van der Waals surface area contributed by atoms with E-state index in [9.17, 15) is 4.39 Å². The first-order valence-corrected chi connectivity index (χ1v) is 9.94. The minimum atomic E-state index is -0.440. The van der Waals surface area contributed by atoms with Crippen LogP contribution in [0.25, 0.3) is 16.7 Å². The van der Waals surface area contributed by atoms with Gasteiger partial charge in [0.2, 0.25) is 0 Å². The summed E-state index contributed by atoms with van der Waals surface area (Å²) in [6.45, 7) is 2.08. The highest BCUT2D eigenvalue weighted by molar-refractivity contribution is 6.32. The summed E-state index contributed by atoms with van der Waals surface area (Å²) in [6, 6.07) is 11.5. The highest BCUT2D eigenvalue weighted by atomic mass is 35.5. The van der Waals surface area contributed by atoms with E-state index in [2.05, 4.69) is 37.3 Å². The van der Waals surface area contributed by atoms with Crippen LogP contribution in [0.2, 0.25) is 5.02 Å². The predicted molar refractivity (Wildman–Crippen MR) is 113 cm³/mol. The Bertz CT molecular complexity index is 836. The monoisotopic (exact) mass is 384 g/mol. The van der Waals surface area contributed by atoms with Crippen molar-refractivity contribution in [2.75, 3.05) is 7.11 Å². The minimum Gasteiger partial charge on any atom is -0.495 e. The molecule has 0 fully saturated rings. The number of ether oxygens (including phenoxy) is 1. The van der Waals surface area contributed by atoms with Crippen molar-refractivity contribution in [3.05, 3.63) is 71.0 Å². The lowest BCUT2D eigenvalue weighted by Crippen LogP contribution is -2.05. The van der Waals surface area contributed by atoms with Crippen molar-refractivity contribution < 1.29 is 9.13 Å². The third-order valence-electron chi connectivity index (χ3n) is 5.33. The molecule has 3 rings (SSSR count). The van der Waals surface area contributed by atoms with Gasteiger partial charge in [0, 0.05) is 5.56 Å². The van der Waals surface area contributed by atoms with Crippen molar-refractivity contribution in [3.8, 4) is 16.9 Å². The summed E-state index contributed by atoms with van der Waals surface area (Å²) in [6.07, 6.45) is 12.7. The molecule has 2 aromatic carbocycles. The second kappa shape index (κ2) is 9.23. The molecule has 1 aliphatic carbocycles. The average Bonchev–Trinajstić information content (AvgIpc) is 2.71. The summed E-state index contributed by atoms with van der Waals surface area (Å²) >= 11 is 6.05. The lowest BCUT2D eigenvalue weighted by Gasteiger charge is -2.22. The van der Waals surface area contributed by atoms with E-state index in [-0.39, 0.29) is 5.02 Å². The Balaban J connectivity index is 1.72. The zero-order valence-corrected chi connectivity index (χ0v) is 16.7.